The van der Waals surface area contributed by atoms with Crippen molar-refractivity contribution in [3.05, 3.63) is 58.7 Å². The third-order valence-corrected chi connectivity index (χ3v) is 4.69. The first-order valence-electron chi connectivity index (χ1n) is 8.26. The summed E-state index contributed by atoms with van der Waals surface area (Å²) in [4.78, 5) is 15.1. The highest BCUT2D eigenvalue weighted by atomic mass is 79.9. The van der Waals surface area contributed by atoms with Gasteiger partial charge in [0.25, 0.3) is 0 Å². The van der Waals surface area contributed by atoms with Gasteiger partial charge in [0.2, 0.25) is 5.91 Å². The molecule has 0 bridgehead atoms. The predicted octanol–water partition coefficient (Wildman–Crippen LogP) is 3.26. The number of anilines is 1. The summed E-state index contributed by atoms with van der Waals surface area (Å²) in [6, 6.07) is 6.89. The number of nitrogens with zero attached hydrogens (tertiary/aromatic N) is 1. The molecule has 27 heavy (non-hydrogen) atoms. The summed E-state index contributed by atoms with van der Waals surface area (Å²) in [5.74, 6) is 0.502. The topological polar surface area (TPSA) is 108 Å². The molecule has 2 aromatic rings. The van der Waals surface area contributed by atoms with Crippen molar-refractivity contribution in [1.82, 2.24) is 9.88 Å². The third kappa shape index (κ3) is 5.37. The highest BCUT2D eigenvalue weighted by Gasteiger charge is 2.23. The van der Waals surface area contributed by atoms with E-state index in [9.17, 15) is 14.3 Å². The Morgan fingerprint density at radius 1 is 1.44 bits per heavy atom. The average molecular weight is 437 g/mol. The van der Waals surface area contributed by atoms with E-state index in [1.807, 2.05) is 6.07 Å². The van der Waals surface area contributed by atoms with Crippen molar-refractivity contribution in [3.63, 3.8) is 0 Å². The normalized spacial score (nSPS) is 16.6. The maximum atomic E-state index is 12.4. The Morgan fingerprint density at radius 3 is 2.67 bits per heavy atom. The number of phenolic OH excluding ortho intramolecular Hbond substituents is 1. The number of rotatable bonds is 3. The summed E-state index contributed by atoms with van der Waals surface area (Å²) in [5.41, 5.74) is 13.5. The van der Waals surface area contributed by atoms with Gasteiger partial charge in [-0.2, -0.15) is 0 Å². The molecule has 1 aromatic heterocycles. The molecule has 0 spiro atoms. The number of para-hydroxylation sites is 1. The van der Waals surface area contributed by atoms with Gasteiger partial charge in [0.15, 0.2) is 0 Å². The highest BCUT2D eigenvalue weighted by molar-refractivity contribution is 9.10. The van der Waals surface area contributed by atoms with Crippen LogP contribution in [0.25, 0.3) is 11.8 Å². The second kappa shape index (κ2) is 9.27. The van der Waals surface area contributed by atoms with Crippen LogP contribution in [0.1, 0.15) is 17.5 Å². The molecule has 6 N–H and O–H groups in total. The number of benzene rings is 1. The highest BCUT2D eigenvalue weighted by Crippen LogP contribution is 2.28. The molecule has 2 heterocycles. The van der Waals surface area contributed by atoms with Crippen LogP contribution in [0.15, 0.2) is 47.6 Å². The van der Waals surface area contributed by atoms with Gasteiger partial charge in [0.05, 0.1) is 6.54 Å². The fourth-order valence-electron chi connectivity index (χ4n) is 2.57. The number of hydrogen-bond acceptors (Lipinski definition) is 4. The number of nitrogens with two attached hydrogens (primary N) is 2. The molecule has 1 saturated heterocycles. The van der Waals surface area contributed by atoms with E-state index in [1.165, 1.54) is 11.0 Å². The summed E-state index contributed by atoms with van der Waals surface area (Å²) in [5, 5.41) is 9.68. The van der Waals surface area contributed by atoms with Gasteiger partial charge in [-0.15, -0.1) is 0 Å². The summed E-state index contributed by atoms with van der Waals surface area (Å²) in [7, 11) is 0. The first-order chi connectivity index (χ1) is 12.8. The van der Waals surface area contributed by atoms with Crippen molar-refractivity contribution in [2.75, 3.05) is 18.8 Å². The number of carbonyl (C=O) groups excluding carboxylic acids is 1. The van der Waals surface area contributed by atoms with E-state index in [1.54, 1.807) is 30.5 Å². The number of alkyl halides is 1. The van der Waals surface area contributed by atoms with Crippen LogP contribution in [-0.2, 0) is 4.79 Å². The molecule has 1 unspecified atom stereocenters. The van der Waals surface area contributed by atoms with Crippen molar-refractivity contribution in [2.24, 2.45) is 5.73 Å². The Hall–Kier alpha value is -2.74. The number of amides is 1. The Balaban J connectivity index is 0.000000223. The van der Waals surface area contributed by atoms with Gasteiger partial charge < -0.3 is 26.5 Å². The van der Waals surface area contributed by atoms with E-state index in [-0.39, 0.29) is 18.2 Å². The number of nitrogens with one attached hydrogen (secondary N) is 1. The second-order valence-corrected chi connectivity index (χ2v) is 6.81. The van der Waals surface area contributed by atoms with Crippen molar-refractivity contribution < 1.29 is 14.3 Å². The lowest BCUT2D eigenvalue weighted by atomic mass is 10.1. The van der Waals surface area contributed by atoms with Crippen LogP contribution in [0.4, 0.5) is 10.2 Å². The summed E-state index contributed by atoms with van der Waals surface area (Å²) in [6.07, 6.45) is 4.31. The van der Waals surface area contributed by atoms with Crippen molar-refractivity contribution in [1.29, 1.82) is 0 Å². The molecule has 1 amide bonds. The molecular formula is C19H22BrFN4O2. The molecule has 1 aliphatic rings. The van der Waals surface area contributed by atoms with Crippen molar-refractivity contribution >= 4 is 39.4 Å². The fraction of sp³-hybridized carbons (Fsp3) is 0.211. The van der Waals surface area contributed by atoms with Gasteiger partial charge in [-0.25, -0.2) is 4.39 Å². The standard InChI is InChI=1S/C12H12BrN3O.C7H10FNO/c13-9-6-16-12(15)8(9)5-10(14)7-3-1-2-4-11(7)17;1-2-7(10)9-4-3-6(8)5-9/h1-6,16-17H,14-15H2;2,6H,1,3-5H2/b10-5-;. The van der Waals surface area contributed by atoms with Crippen molar-refractivity contribution in [2.45, 2.75) is 12.6 Å². The zero-order valence-corrected chi connectivity index (χ0v) is 16.2. The molecule has 1 fully saturated rings. The van der Waals surface area contributed by atoms with Crippen LogP contribution >= 0.6 is 15.9 Å². The molecule has 1 aromatic carbocycles. The quantitative estimate of drug-likeness (QED) is 0.553. The number of H-pyrrole nitrogens is 1. The lowest BCUT2D eigenvalue weighted by molar-refractivity contribution is -0.125. The average Bonchev–Trinajstić information content (AvgIpc) is 3.22. The molecule has 6 nitrogen and oxygen atoms in total. The van der Waals surface area contributed by atoms with Gasteiger partial charge in [-0.05, 0) is 46.6 Å². The Kier molecular flexibility index (Phi) is 7.06. The minimum Gasteiger partial charge on any atom is -0.507 e. The maximum Gasteiger partial charge on any atom is 0.246 e. The predicted molar refractivity (Wildman–Crippen MR) is 109 cm³/mol. The van der Waals surface area contributed by atoms with E-state index >= 15 is 0 Å². The number of aromatic hydroxyl groups is 1. The molecule has 0 radical (unpaired) electrons. The first-order valence-corrected chi connectivity index (χ1v) is 9.06. The number of aromatic nitrogens is 1. The van der Waals surface area contributed by atoms with Crippen LogP contribution in [0.3, 0.4) is 0 Å². The van der Waals surface area contributed by atoms with Crippen LogP contribution < -0.4 is 11.5 Å². The van der Waals surface area contributed by atoms with E-state index in [2.05, 4.69) is 27.5 Å². The summed E-state index contributed by atoms with van der Waals surface area (Å²) in [6.45, 7) is 4.09. The lowest BCUT2D eigenvalue weighted by Gasteiger charge is -2.10. The monoisotopic (exact) mass is 436 g/mol. The number of nitrogen functional groups attached to an aromatic ring is 1. The van der Waals surface area contributed by atoms with Gasteiger partial charge in [-0.3, -0.25) is 4.79 Å². The number of halogens is 2. The number of carbonyl (C=O) groups is 1. The number of hydrogen-bond donors (Lipinski definition) is 4. The molecule has 3 rings (SSSR count). The SMILES string of the molecule is C=CC(=O)N1CCC(F)C1.N/C(=C\c1c(Br)c[nH]c1N)c1ccccc1O. The van der Waals surface area contributed by atoms with Crippen LogP contribution in [0.2, 0.25) is 0 Å². The van der Waals surface area contributed by atoms with E-state index in [4.69, 9.17) is 11.5 Å². The lowest BCUT2D eigenvalue weighted by Crippen LogP contribution is -2.26. The zero-order chi connectivity index (χ0) is 20.0. The Labute approximate surface area is 165 Å². The third-order valence-electron chi connectivity index (χ3n) is 4.03. The molecule has 8 heteroatoms. The van der Waals surface area contributed by atoms with Crippen LogP contribution in [-0.4, -0.2) is 40.2 Å². The van der Waals surface area contributed by atoms with Gasteiger partial charge in [-0.1, -0.05) is 18.7 Å². The molecule has 1 atom stereocenters. The number of likely N-dealkylation sites (tertiary alicyclic amines) is 1. The van der Waals surface area contributed by atoms with Crippen molar-refractivity contribution in [3.8, 4) is 5.75 Å². The van der Waals surface area contributed by atoms with E-state index in [0.29, 0.717) is 30.0 Å². The van der Waals surface area contributed by atoms with E-state index < -0.39 is 6.17 Å². The first kappa shape index (κ1) is 20.6. The fourth-order valence-corrected chi connectivity index (χ4v) is 3.01. The molecule has 0 saturated carbocycles. The smallest absolute Gasteiger partial charge is 0.246 e. The largest absolute Gasteiger partial charge is 0.507 e. The number of aromatic amines is 1. The summed E-state index contributed by atoms with van der Waals surface area (Å²) < 4.78 is 13.3. The van der Waals surface area contributed by atoms with Crippen LogP contribution in [0.5, 0.6) is 5.75 Å². The van der Waals surface area contributed by atoms with Crippen LogP contribution in [0, 0.1) is 0 Å². The molecule has 1 aliphatic heterocycles. The second-order valence-electron chi connectivity index (χ2n) is 5.96. The Bertz CT molecular complexity index is 830. The van der Waals surface area contributed by atoms with E-state index in [0.717, 1.165) is 10.0 Å². The maximum absolute atomic E-state index is 12.4. The minimum atomic E-state index is -0.830. The molecule has 144 valence electrons. The van der Waals surface area contributed by atoms with Gasteiger partial charge in [0, 0.05) is 34.0 Å². The minimum absolute atomic E-state index is 0.145. The molecule has 0 aliphatic carbocycles. The zero-order valence-electron chi connectivity index (χ0n) is 14.7. The van der Waals surface area contributed by atoms with Gasteiger partial charge >= 0.3 is 0 Å². The summed E-state index contributed by atoms with van der Waals surface area (Å²) >= 11 is 3.36. The Morgan fingerprint density at radius 2 is 2.15 bits per heavy atom. The van der Waals surface area contributed by atoms with Gasteiger partial charge in [0.1, 0.15) is 17.7 Å². The number of phenols is 1. The molecular weight excluding hydrogens is 415 g/mol.